The lowest BCUT2D eigenvalue weighted by atomic mass is 10.0. The van der Waals surface area contributed by atoms with Gasteiger partial charge in [-0.05, 0) is 24.0 Å². The van der Waals surface area contributed by atoms with Crippen LogP contribution in [0.5, 0.6) is 5.88 Å². The van der Waals surface area contributed by atoms with Crippen molar-refractivity contribution in [3.05, 3.63) is 23.4 Å². The van der Waals surface area contributed by atoms with Crippen LogP contribution in [0.1, 0.15) is 30.9 Å². The number of pyridine rings is 1. The molecule has 2 N–H and O–H groups in total. The van der Waals surface area contributed by atoms with Gasteiger partial charge in [-0.2, -0.15) is 0 Å². The number of nitrogens with zero attached hydrogens (tertiary/aromatic N) is 1. The average molecular weight is 206 g/mol. The molecule has 3 nitrogen and oxygen atoms in total. The molecular formula is C12H18N2O. The summed E-state index contributed by atoms with van der Waals surface area (Å²) in [5, 5.41) is 0. The predicted octanol–water partition coefficient (Wildman–Crippen LogP) is 1.85. The van der Waals surface area contributed by atoms with Gasteiger partial charge in [-0.1, -0.05) is 13.8 Å². The summed E-state index contributed by atoms with van der Waals surface area (Å²) in [7, 11) is 1.64. The molecule has 3 heteroatoms. The molecule has 1 aromatic rings. The number of aryl methyl sites for hydroxylation is 1. The summed E-state index contributed by atoms with van der Waals surface area (Å²) < 4.78 is 5.14. The zero-order valence-corrected chi connectivity index (χ0v) is 9.74. The van der Waals surface area contributed by atoms with Gasteiger partial charge < -0.3 is 10.5 Å². The molecule has 0 radical (unpaired) electrons. The second-order valence-electron chi connectivity index (χ2n) is 4.92. The monoisotopic (exact) mass is 206 g/mol. The Hall–Kier alpha value is -1.09. The number of nitrogens with two attached hydrogens (primary N) is 1. The molecule has 0 aromatic carbocycles. The summed E-state index contributed by atoms with van der Waals surface area (Å²) >= 11 is 0. The maximum Gasteiger partial charge on any atom is 0.215 e. The Kier molecular flexibility index (Phi) is 2.23. The Labute approximate surface area is 90.7 Å². The Morgan fingerprint density at radius 1 is 1.47 bits per heavy atom. The van der Waals surface area contributed by atoms with E-state index in [1.165, 1.54) is 5.56 Å². The summed E-state index contributed by atoms with van der Waals surface area (Å²) in [6, 6.07) is 2.39. The molecule has 0 saturated heterocycles. The second kappa shape index (κ2) is 3.20. The minimum atomic E-state index is 0.211. The summed E-state index contributed by atoms with van der Waals surface area (Å²) in [6.07, 6.45) is 1.88. The number of ether oxygens (including phenoxy) is 1. The molecule has 0 spiro atoms. The Bertz CT molecular complexity index is 387. The maximum atomic E-state index is 6.04. The first kappa shape index (κ1) is 10.4. The van der Waals surface area contributed by atoms with Crippen molar-refractivity contribution >= 4 is 0 Å². The smallest absolute Gasteiger partial charge is 0.215 e. The minimum Gasteiger partial charge on any atom is -0.481 e. The molecule has 2 unspecified atom stereocenters. The van der Waals surface area contributed by atoms with Crippen molar-refractivity contribution in [1.29, 1.82) is 0 Å². The molecule has 0 aliphatic heterocycles. The summed E-state index contributed by atoms with van der Waals surface area (Å²) in [5.41, 5.74) is 8.55. The molecule has 1 aliphatic carbocycles. The SMILES string of the molecule is COc1ncc(C2C(N)C2(C)C)cc1C. The minimum absolute atomic E-state index is 0.211. The van der Waals surface area contributed by atoms with E-state index in [1.54, 1.807) is 7.11 Å². The molecule has 1 aliphatic rings. The number of hydrogen-bond acceptors (Lipinski definition) is 3. The summed E-state index contributed by atoms with van der Waals surface area (Å²) in [5.74, 6) is 1.14. The van der Waals surface area contributed by atoms with Crippen molar-refractivity contribution in [3.63, 3.8) is 0 Å². The van der Waals surface area contributed by atoms with Gasteiger partial charge in [0.05, 0.1) is 7.11 Å². The lowest BCUT2D eigenvalue weighted by molar-refractivity contribution is 0.394. The van der Waals surface area contributed by atoms with Gasteiger partial charge in [-0.15, -0.1) is 0 Å². The highest BCUT2D eigenvalue weighted by atomic mass is 16.5. The number of aromatic nitrogens is 1. The third kappa shape index (κ3) is 1.51. The Morgan fingerprint density at radius 3 is 2.47 bits per heavy atom. The molecule has 2 rings (SSSR count). The molecule has 1 saturated carbocycles. The van der Waals surface area contributed by atoms with Crippen LogP contribution in [-0.4, -0.2) is 18.1 Å². The Morgan fingerprint density at radius 2 is 2.07 bits per heavy atom. The lowest BCUT2D eigenvalue weighted by Crippen LogP contribution is -2.06. The average Bonchev–Trinajstić information content (AvgIpc) is 2.66. The first-order valence-corrected chi connectivity index (χ1v) is 5.24. The van der Waals surface area contributed by atoms with E-state index in [-0.39, 0.29) is 11.5 Å². The van der Waals surface area contributed by atoms with Crippen molar-refractivity contribution in [1.82, 2.24) is 4.98 Å². The van der Waals surface area contributed by atoms with E-state index in [0.29, 0.717) is 11.8 Å². The molecular weight excluding hydrogens is 188 g/mol. The quantitative estimate of drug-likeness (QED) is 0.803. The molecule has 0 amide bonds. The van der Waals surface area contributed by atoms with Crippen molar-refractivity contribution in [2.75, 3.05) is 7.11 Å². The number of hydrogen-bond donors (Lipinski definition) is 1. The number of rotatable bonds is 2. The van der Waals surface area contributed by atoms with Crippen LogP contribution in [0.25, 0.3) is 0 Å². The number of methoxy groups -OCH3 is 1. The van der Waals surface area contributed by atoms with E-state index >= 15 is 0 Å². The van der Waals surface area contributed by atoms with Crippen LogP contribution in [0.3, 0.4) is 0 Å². The zero-order valence-electron chi connectivity index (χ0n) is 9.74. The lowest BCUT2D eigenvalue weighted by Gasteiger charge is -2.06. The van der Waals surface area contributed by atoms with Gasteiger partial charge in [0.25, 0.3) is 0 Å². The first-order chi connectivity index (χ1) is 6.98. The molecule has 1 fully saturated rings. The summed E-state index contributed by atoms with van der Waals surface area (Å²) in [4.78, 5) is 4.28. The largest absolute Gasteiger partial charge is 0.481 e. The van der Waals surface area contributed by atoms with Gasteiger partial charge in [0.15, 0.2) is 0 Å². The van der Waals surface area contributed by atoms with Gasteiger partial charge >= 0.3 is 0 Å². The highest BCUT2D eigenvalue weighted by Crippen LogP contribution is 2.57. The standard InChI is InChI=1S/C12H18N2O/c1-7-5-8(6-14-11(7)15-4)9-10(13)12(9,2)3/h5-6,9-10H,13H2,1-4H3. The van der Waals surface area contributed by atoms with Crippen LogP contribution >= 0.6 is 0 Å². The van der Waals surface area contributed by atoms with E-state index in [0.717, 1.165) is 5.56 Å². The highest BCUT2D eigenvalue weighted by molar-refractivity contribution is 5.37. The van der Waals surface area contributed by atoms with E-state index in [1.807, 2.05) is 13.1 Å². The van der Waals surface area contributed by atoms with Crippen LogP contribution in [0.2, 0.25) is 0 Å². The molecule has 1 aromatic heterocycles. The molecule has 1 heterocycles. The third-order valence-electron chi connectivity index (χ3n) is 3.51. The fourth-order valence-electron chi connectivity index (χ4n) is 2.28. The zero-order chi connectivity index (χ0) is 11.2. The van der Waals surface area contributed by atoms with E-state index < -0.39 is 0 Å². The molecule has 82 valence electrons. The van der Waals surface area contributed by atoms with Crippen LogP contribution in [0.4, 0.5) is 0 Å². The van der Waals surface area contributed by atoms with E-state index in [2.05, 4.69) is 24.9 Å². The van der Waals surface area contributed by atoms with Crippen LogP contribution in [0, 0.1) is 12.3 Å². The molecule has 15 heavy (non-hydrogen) atoms. The fourth-order valence-corrected chi connectivity index (χ4v) is 2.28. The van der Waals surface area contributed by atoms with Gasteiger partial charge in [0.1, 0.15) is 0 Å². The summed E-state index contributed by atoms with van der Waals surface area (Å²) in [6.45, 7) is 6.40. The normalized spacial score (nSPS) is 27.5. The predicted molar refractivity (Wildman–Crippen MR) is 60.0 cm³/mol. The Balaban J connectivity index is 2.29. The van der Waals surface area contributed by atoms with Crippen LogP contribution in [0.15, 0.2) is 12.3 Å². The van der Waals surface area contributed by atoms with Crippen molar-refractivity contribution in [3.8, 4) is 5.88 Å². The van der Waals surface area contributed by atoms with Gasteiger partial charge in [-0.3, -0.25) is 0 Å². The maximum absolute atomic E-state index is 6.04. The second-order valence-corrected chi connectivity index (χ2v) is 4.92. The third-order valence-corrected chi connectivity index (χ3v) is 3.51. The highest BCUT2D eigenvalue weighted by Gasteiger charge is 2.56. The van der Waals surface area contributed by atoms with E-state index in [9.17, 15) is 0 Å². The van der Waals surface area contributed by atoms with Crippen molar-refractivity contribution in [2.24, 2.45) is 11.1 Å². The van der Waals surface area contributed by atoms with Gasteiger partial charge in [0.2, 0.25) is 5.88 Å². The molecule has 0 bridgehead atoms. The van der Waals surface area contributed by atoms with Gasteiger partial charge in [-0.25, -0.2) is 4.98 Å². The molecule has 2 atom stereocenters. The topological polar surface area (TPSA) is 48.1 Å². The van der Waals surface area contributed by atoms with Crippen molar-refractivity contribution in [2.45, 2.75) is 32.7 Å². The van der Waals surface area contributed by atoms with Gasteiger partial charge in [0, 0.05) is 23.7 Å². The first-order valence-electron chi connectivity index (χ1n) is 5.24. The van der Waals surface area contributed by atoms with Crippen LogP contribution < -0.4 is 10.5 Å². The van der Waals surface area contributed by atoms with Crippen LogP contribution in [-0.2, 0) is 0 Å². The fraction of sp³-hybridized carbons (Fsp3) is 0.583. The van der Waals surface area contributed by atoms with Crippen molar-refractivity contribution < 1.29 is 4.74 Å². The van der Waals surface area contributed by atoms with E-state index in [4.69, 9.17) is 10.5 Å².